The highest BCUT2D eigenvalue weighted by molar-refractivity contribution is 5.62. The summed E-state index contributed by atoms with van der Waals surface area (Å²) in [5, 5.41) is 11.9. The zero-order valence-electron chi connectivity index (χ0n) is 13.1. The Morgan fingerprint density at radius 2 is 2.10 bits per heavy atom. The van der Waals surface area contributed by atoms with Crippen molar-refractivity contribution in [2.24, 2.45) is 12.8 Å². The van der Waals surface area contributed by atoms with Crippen LogP contribution in [-0.4, -0.2) is 43.6 Å². The second-order valence-corrected chi connectivity index (χ2v) is 5.89. The van der Waals surface area contributed by atoms with Crippen LogP contribution in [0.5, 0.6) is 0 Å². The van der Waals surface area contributed by atoms with Crippen LogP contribution < -0.4 is 10.6 Å². The van der Waals surface area contributed by atoms with Crippen molar-refractivity contribution in [2.45, 2.75) is 45.7 Å². The van der Waals surface area contributed by atoms with Gasteiger partial charge in [0.1, 0.15) is 0 Å². The van der Waals surface area contributed by atoms with Crippen LogP contribution in [0.15, 0.2) is 0 Å². The van der Waals surface area contributed by atoms with Gasteiger partial charge in [0.05, 0.1) is 11.3 Å². The van der Waals surface area contributed by atoms with E-state index in [1.165, 1.54) is 0 Å². The first-order valence-electron chi connectivity index (χ1n) is 7.44. The second kappa shape index (κ2) is 5.14. The molecule has 0 radical (unpaired) electrons. The van der Waals surface area contributed by atoms with Crippen LogP contribution in [0.1, 0.15) is 31.2 Å². The number of nitrogens with two attached hydrogens (primary N) is 1. The highest BCUT2D eigenvalue weighted by atomic mass is 15.4. The summed E-state index contributed by atoms with van der Waals surface area (Å²) in [6, 6.07) is 0.445. The Morgan fingerprint density at radius 1 is 1.33 bits per heavy atom. The van der Waals surface area contributed by atoms with Crippen LogP contribution in [0.3, 0.4) is 0 Å². The molecule has 114 valence electrons. The molecule has 1 fully saturated rings. The molecule has 2 atom stereocenters. The third-order valence-corrected chi connectivity index (χ3v) is 4.52. The maximum atomic E-state index is 6.15. The van der Waals surface area contributed by atoms with E-state index in [-0.39, 0.29) is 12.1 Å². The molecular formula is C14H23N7. The summed E-state index contributed by atoms with van der Waals surface area (Å²) in [6.07, 6.45) is 2.15. The van der Waals surface area contributed by atoms with Crippen molar-refractivity contribution in [3.63, 3.8) is 0 Å². The highest BCUT2D eigenvalue weighted by Gasteiger charge is 2.28. The van der Waals surface area contributed by atoms with E-state index >= 15 is 0 Å². The topological polar surface area (TPSA) is 88.7 Å². The molecule has 3 N–H and O–H groups in total. The molecule has 0 amide bonds. The van der Waals surface area contributed by atoms with E-state index < -0.39 is 0 Å². The van der Waals surface area contributed by atoms with Crippen molar-refractivity contribution in [1.29, 1.82) is 0 Å². The van der Waals surface area contributed by atoms with Gasteiger partial charge < -0.3 is 10.6 Å². The Bertz CT molecular complexity index is 642. The molecule has 0 spiro atoms. The lowest BCUT2D eigenvalue weighted by Crippen LogP contribution is -2.50. The molecule has 1 saturated heterocycles. The van der Waals surface area contributed by atoms with E-state index in [9.17, 15) is 0 Å². The number of aryl methyl sites for hydroxylation is 2. The number of aromatic amines is 1. The average Bonchev–Trinajstić information content (AvgIpc) is 2.99. The smallest absolute Gasteiger partial charge is 0.245 e. The quantitative estimate of drug-likeness (QED) is 0.865. The monoisotopic (exact) mass is 289 g/mol. The number of hydrogen-bond acceptors (Lipinski definition) is 5. The van der Waals surface area contributed by atoms with Gasteiger partial charge in [-0.3, -0.25) is 9.78 Å². The van der Waals surface area contributed by atoms with Gasteiger partial charge in [-0.2, -0.15) is 10.1 Å². The van der Waals surface area contributed by atoms with Gasteiger partial charge in [-0.05, 0) is 33.6 Å². The molecule has 0 bridgehead atoms. The third kappa shape index (κ3) is 2.31. The van der Waals surface area contributed by atoms with Crippen molar-refractivity contribution < 1.29 is 0 Å². The number of anilines is 1. The van der Waals surface area contributed by atoms with Gasteiger partial charge in [0.25, 0.3) is 0 Å². The SMILES string of the molecule is Cc1nn(C)c(C)c1-c1nc(N2CCCC(N)C2C)n[nH]1. The molecule has 0 aliphatic carbocycles. The molecule has 0 saturated carbocycles. The minimum absolute atomic E-state index is 0.183. The predicted molar refractivity (Wildman–Crippen MR) is 82.1 cm³/mol. The number of aromatic nitrogens is 5. The maximum absolute atomic E-state index is 6.15. The van der Waals surface area contributed by atoms with Crippen LogP contribution in [-0.2, 0) is 7.05 Å². The van der Waals surface area contributed by atoms with E-state index in [2.05, 4.69) is 32.1 Å². The summed E-state index contributed by atoms with van der Waals surface area (Å²) in [6.45, 7) is 7.12. The Morgan fingerprint density at radius 3 is 2.76 bits per heavy atom. The standard InChI is InChI=1S/C14H23N7/c1-8-12(10(3)20(4)19-8)13-16-14(18-17-13)21-7-5-6-11(15)9(21)2/h9,11H,5-7,15H2,1-4H3,(H,16,17,18). The zero-order chi connectivity index (χ0) is 15.1. The van der Waals surface area contributed by atoms with Crippen molar-refractivity contribution in [2.75, 3.05) is 11.4 Å². The summed E-state index contributed by atoms with van der Waals surface area (Å²) < 4.78 is 1.87. The van der Waals surface area contributed by atoms with Crippen LogP contribution in [0.25, 0.3) is 11.4 Å². The lowest BCUT2D eigenvalue weighted by atomic mass is 9.99. The number of hydrogen-bond donors (Lipinski definition) is 2. The molecule has 7 heteroatoms. The fraction of sp³-hybridized carbons (Fsp3) is 0.643. The van der Waals surface area contributed by atoms with Gasteiger partial charge in [-0.15, -0.1) is 5.10 Å². The molecule has 3 heterocycles. The number of nitrogens with zero attached hydrogens (tertiary/aromatic N) is 5. The molecule has 3 rings (SSSR count). The summed E-state index contributed by atoms with van der Waals surface area (Å²) in [4.78, 5) is 6.86. The molecule has 2 unspecified atom stereocenters. The van der Waals surface area contributed by atoms with E-state index in [0.717, 1.165) is 48.1 Å². The molecular weight excluding hydrogens is 266 g/mol. The van der Waals surface area contributed by atoms with Gasteiger partial charge >= 0.3 is 0 Å². The van der Waals surface area contributed by atoms with Crippen LogP contribution in [0.4, 0.5) is 5.95 Å². The van der Waals surface area contributed by atoms with Crippen LogP contribution in [0, 0.1) is 13.8 Å². The number of H-pyrrole nitrogens is 1. The van der Waals surface area contributed by atoms with Crippen LogP contribution in [0.2, 0.25) is 0 Å². The van der Waals surface area contributed by atoms with Gasteiger partial charge in [0.15, 0.2) is 5.82 Å². The van der Waals surface area contributed by atoms with E-state index in [1.54, 1.807) is 0 Å². The minimum Gasteiger partial charge on any atom is -0.335 e. The molecule has 2 aromatic rings. The Balaban J connectivity index is 1.93. The summed E-state index contributed by atoms with van der Waals surface area (Å²) in [5.41, 5.74) is 9.23. The van der Waals surface area contributed by atoms with Gasteiger partial charge in [-0.25, -0.2) is 0 Å². The van der Waals surface area contributed by atoms with Crippen LogP contribution >= 0.6 is 0 Å². The average molecular weight is 289 g/mol. The first-order chi connectivity index (χ1) is 9.99. The summed E-state index contributed by atoms with van der Waals surface area (Å²) in [7, 11) is 1.94. The normalized spacial score (nSPS) is 22.8. The first kappa shape index (κ1) is 14.1. The van der Waals surface area contributed by atoms with Crippen molar-refractivity contribution in [1.82, 2.24) is 25.0 Å². The predicted octanol–water partition coefficient (Wildman–Crippen LogP) is 1.14. The lowest BCUT2D eigenvalue weighted by molar-refractivity contribution is 0.416. The Kier molecular flexibility index (Phi) is 3.44. The molecule has 0 aromatic carbocycles. The number of rotatable bonds is 2. The summed E-state index contributed by atoms with van der Waals surface area (Å²) in [5.74, 6) is 1.51. The Hall–Kier alpha value is -1.89. The molecule has 7 nitrogen and oxygen atoms in total. The number of nitrogens with one attached hydrogen (secondary N) is 1. The van der Waals surface area contributed by atoms with Gasteiger partial charge in [0, 0.05) is 31.4 Å². The van der Waals surface area contributed by atoms with E-state index in [0.29, 0.717) is 0 Å². The molecule has 21 heavy (non-hydrogen) atoms. The molecule has 2 aromatic heterocycles. The van der Waals surface area contributed by atoms with Crippen molar-refractivity contribution in [3.05, 3.63) is 11.4 Å². The third-order valence-electron chi connectivity index (χ3n) is 4.52. The fourth-order valence-corrected chi connectivity index (χ4v) is 3.06. The second-order valence-electron chi connectivity index (χ2n) is 5.89. The van der Waals surface area contributed by atoms with E-state index in [4.69, 9.17) is 5.73 Å². The molecule has 1 aliphatic heterocycles. The minimum atomic E-state index is 0.183. The number of piperidine rings is 1. The zero-order valence-corrected chi connectivity index (χ0v) is 13.1. The molecule has 1 aliphatic rings. The van der Waals surface area contributed by atoms with Crippen molar-refractivity contribution in [3.8, 4) is 11.4 Å². The first-order valence-corrected chi connectivity index (χ1v) is 7.44. The Labute approximate surface area is 124 Å². The van der Waals surface area contributed by atoms with Gasteiger partial charge in [-0.1, -0.05) is 0 Å². The fourth-order valence-electron chi connectivity index (χ4n) is 3.06. The lowest BCUT2D eigenvalue weighted by Gasteiger charge is -2.36. The van der Waals surface area contributed by atoms with E-state index in [1.807, 2.05) is 25.6 Å². The van der Waals surface area contributed by atoms with Gasteiger partial charge in [0.2, 0.25) is 5.95 Å². The highest BCUT2D eigenvalue weighted by Crippen LogP contribution is 2.26. The maximum Gasteiger partial charge on any atom is 0.245 e. The largest absolute Gasteiger partial charge is 0.335 e. The van der Waals surface area contributed by atoms with Crippen molar-refractivity contribution >= 4 is 5.95 Å². The summed E-state index contributed by atoms with van der Waals surface area (Å²) >= 11 is 0.